The molecule has 0 radical (unpaired) electrons. The molecule has 3 rings (SSSR count). The van der Waals surface area contributed by atoms with Crippen molar-refractivity contribution in [2.75, 3.05) is 5.75 Å². The minimum atomic E-state index is -0.612. The molecule has 0 aliphatic heterocycles. The Morgan fingerprint density at radius 2 is 1.57 bits per heavy atom. The quantitative estimate of drug-likeness (QED) is 0.210. The van der Waals surface area contributed by atoms with Gasteiger partial charge in [-0.05, 0) is 75.3 Å². The molecule has 0 aliphatic rings. The zero-order chi connectivity index (χ0) is 26.8. The van der Waals surface area contributed by atoms with Crippen molar-refractivity contribution in [2.45, 2.75) is 70.0 Å². The highest BCUT2D eigenvalue weighted by Crippen LogP contribution is 2.23. The third-order valence-corrected chi connectivity index (χ3v) is 7.21. The highest BCUT2D eigenvalue weighted by Gasteiger charge is 2.32. The molecule has 4 nitrogen and oxygen atoms in total. The molecule has 0 saturated carbocycles. The van der Waals surface area contributed by atoms with Crippen LogP contribution in [0.5, 0.6) is 0 Å². The van der Waals surface area contributed by atoms with Crippen LogP contribution in [0.15, 0.2) is 83.8 Å². The van der Waals surface area contributed by atoms with Crippen molar-refractivity contribution in [3.63, 3.8) is 0 Å². The van der Waals surface area contributed by atoms with E-state index in [1.807, 2.05) is 107 Å². The van der Waals surface area contributed by atoms with E-state index < -0.39 is 11.6 Å². The average Bonchev–Trinajstić information content (AvgIpc) is 2.85. The lowest BCUT2D eigenvalue weighted by Gasteiger charge is -2.34. The highest BCUT2D eigenvalue weighted by molar-refractivity contribution is 7.99. The fourth-order valence-corrected chi connectivity index (χ4v) is 4.96. The summed E-state index contributed by atoms with van der Waals surface area (Å²) in [5, 5.41) is 3.83. The van der Waals surface area contributed by atoms with E-state index in [2.05, 4.69) is 5.32 Å². The summed E-state index contributed by atoms with van der Waals surface area (Å²) >= 11 is 7.69. The Morgan fingerprint density at radius 1 is 0.919 bits per heavy atom. The van der Waals surface area contributed by atoms with Gasteiger partial charge in [-0.15, -0.1) is 11.8 Å². The summed E-state index contributed by atoms with van der Waals surface area (Å²) in [5.41, 5.74) is 2.79. The minimum absolute atomic E-state index is 0.0118. The third-order valence-electron chi connectivity index (χ3n) is 5.86. The molecule has 1 N–H and O–H groups in total. The van der Waals surface area contributed by atoms with Gasteiger partial charge in [0.2, 0.25) is 11.8 Å². The largest absolute Gasteiger partial charge is 0.350 e. The van der Waals surface area contributed by atoms with E-state index in [0.717, 1.165) is 33.8 Å². The molecule has 3 aromatic rings. The Morgan fingerprint density at radius 3 is 2.19 bits per heavy atom. The maximum Gasteiger partial charge on any atom is 0.243 e. The molecule has 37 heavy (non-hydrogen) atoms. The second-order valence-corrected chi connectivity index (χ2v) is 12.0. The first-order valence-electron chi connectivity index (χ1n) is 12.7. The lowest BCUT2D eigenvalue weighted by Crippen LogP contribution is -2.54. The standard InChI is InChI=1S/C31H37ClN2O2S/c1-23-12-14-25(15-13-23)22-34(29(35)11-8-20-37-27-18-16-26(32)17-19-27)28(30(36)33-31(2,3)4)21-24-9-6-5-7-10-24/h5-7,9-10,12-19,28H,8,11,20-22H2,1-4H3,(H,33,36)/t28-/m1/s1. The third kappa shape index (κ3) is 9.90. The van der Waals surface area contributed by atoms with Gasteiger partial charge in [0.15, 0.2) is 0 Å². The molecule has 0 heterocycles. The van der Waals surface area contributed by atoms with Crippen LogP contribution in [-0.4, -0.2) is 34.0 Å². The van der Waals surface area contributed by atoms with Crippen molar-refractivity contribution >= 4 is 35.2 Å². The normalized spacial score (nSPS) is 12.1. The zero-order valence-electron chi connectivity index (χ0n) is 22.2. The second kappa shape index (κ2) is 13.7. The number of hydrogen-bond donors (Lipinski definition) is 1. The van der Waals surface area contributed by atoms with Crippen LogP contribution in [0.3, 0.4) is 0 Å². The Balaban J connectivity index is 1.80. The number of carbonyl (C=O) groups excluding carboxylic acids is 2. The van der Waals surface area contributed by atoms with E-state index in [4.69, 9.17) is 11.6 Å². The topological polar surface area (TPSA) is 49.4 Å². The SMILES string of the molecule is Cc1ccc(CN(C(=O)CCCSc2ccc(Cl)cc2)[C@H](Cc2ccccc2)C(=O)NC(C)(C)C)cc1. The molecule has 6 heteroatoms. The number of rotatable bonds is 11. The summed E-state index contributed by atoms with van der Waals surface area (Å²) in [4.78, 5) is 30.2. The number of benzene rings is 3. The number of amides is 2. The van der Waals surface area contributed by atoms with Gasteiger partial charge in [-0.2, -0.15) is 0 Å². The molecule has 0 bridgehead atoms. The van der Waals surface area contributed by atoms with Crippen LogP contribution >= 0.6 is 23.4 Å². The van der Waals surface area contributed by atoms with Gasteiger partial charge in [-0.1, -0.05) is 71.8 Å². The van der Waals surface area contributed by atoms with E-state index in [1.54, 1.807) is 16.7 Å². The molecular formula is C31H37ClN2O2S. The summed E-state index contributed by atoms with van der Waals surface area (Å²) in [6.07, 6.45) is 1.55. The maximum atomic E-state index is 13.7. The van der Waals surface area contributed by atoms with Crippen LogP contribution in [0, 0.1) is 6.92 Å². The zero-order valence-corrected chi connectivity index (χ0v) is 23.7. The van der Waals surface area contributed by atoms with Crippen molar-refractivity contribution in [3.05, 3.63) is 101 Å². The van der Waals surface area contributed by atoms with Gasteiger partial charge < -0.3 is 10.2 Å². The van der Waals surface area contributed by atoms with Crippen molar-refractivity contribution in [1.29, 1.82) is 0 Å². The summed E-state index contributed by atoms with van der Waals surface area (Å²) < 4.78 is 0. The van der Waals surface area contributed by atoms with Crippen LogP contribution in [0.25, 0.3) is 0 Å². The van der Waals surface area contributed by atoms with Gasteiger partial charge in [0.05, 0.1) is 0 Å². The molecule has 1 atom stereocenters. The smallest absolute Gasteiger partial charge is 0.243 e. The minimum Gasteiger partial charge on any atom is -0.350 e. The Bertz CT molecular complexity index is 1140. The number of carbonyl (C=O) groups is 2. The van der Waals surface area contributed by atoms with E-state index in [0.29, 0.717) is 24.4 Å². The number of thioether (sulfide) groups is 1. The van der Waals surface area contributed by atoms with Crippen LogP contribution in [-0.2, 0) is 22.6 Å². The van der Waals surface area contributed by atoms with Crippen molar-refractivity contribution in [2.24, 2.45) is 0 Å². The van der Waals surface area contributed by atoms with Crippen molar-refractivity contribution in [3.8, 4) is 0 Å². The first kappa shape index (κ1) is 28.8. The fraction of sp³-hybridized carbons (Fsp3) is 0.355. The summed E-state index contributed by atoms with van der Waals surface area (Å²) in [6.45, 7) is 8.32. The van der Waals surface area contributed by atoms with Gasteiger partial charge in [0.25, 0.3) is 0 Å². The number of hydrogen-bond acceptors (Lipinski definition) is 3. The Hall–Kier alpha value is -2.76. The van der Waals surface area contributed by atoms with Crippen LogP contribution < -0.4 is 5.32 Å². The van der Waals surface area contributed by atoms with Gasteiger partial charge in [-0.25, -0.2) is 0 Å². The molecular weight excluding hydrogens is 500 g/mol. The van der Waals surface area contributed by atoms with Crippen molar-refractivity contribution < 1.29 is 9.59 Å². The van der Waals surface area contributed by atoms with Gasteiger partial charge in [0, 0.05) is 34.8 Å². The maximum absolute atomic E-state index is 13.7. The first-order valence-corrected chi connectivity index (χ1v) is 14.1. The molecule has 2 amide bonds. The van der Waals surface area contributed by atoms with E-state index >= 15 is 0 Å². The summed E-state index contributed by atoms with van der Waals surface area (Å²) in [5.74, 6) is 0.665. The molecule has 0 aromatic heterocycles. The Labute approximate surface area is 230 Å². The molecule has 196 valence electrons. The van der Waals surface area contributed by atoms with Crippen LogP contribution in [0.2, 0.25) is 5.02 Å². The van der Waals surface area contributed by atoms with Gasteiger partial charge in [-0.3, -0.25) is 9.59 Å². The lowest BCUT2D eigenvalue weighted by molar-refractivity contribution is -0.142. The summed E-state index contributed by atoms with van der Waals surface area (Å²) in [7, 11) is 0. The number of aryl methyl sites for hydroxylation is 1. The highest BCUT2D eigenvalue weighted by atomic mass is 35.5. The predicted molar refractivity (Wildman–Crippen MR) is 155 cm³/mol. The van der Waals surface area contributed by atoms with E-state index in [9.17, 15) is 9.59 Å². The average molecular weight is 537 g/mol. The number of nitrogens with one attached hydrogen (secondary N) is 1. The summed E-state index contributed by atoms with van der Waals surface area (Å²) in [6, 6.07) is 25.2. The van der Waals surface area contributed by atoms with Gasteiger partial charge in [0.1, 0.15) is 6.04 Å². The molecule has 0 unspecified atom stereocenters. The van der Waals surface area contributed by atoms with Crippen LogP contribution in [0.4, 0.5) is 0 Å². The molecule has 0 spiro atoms. The molecule has 3 aromatic carbocycles. The van der Waals surface area contributed by atoms with E-state index in [1.165, 1.54) is 0 Å². The van der Waals surface area contributed by atoms with Crippen LogP contribution in [0.1, 0.15) is 50.3 Å². The van der Waals surface area contributed by atoms with Crippen molar-refractivity contribution in [1.82, 2.24) is 10.2 Å². The second-order valence-electron chi connectivity index (χ2n) is 10.4. The molecule has 0 saturated heterocycles. The fourth-order valence-electron chi connectivity index (χ4n) is 3.98. The predicted octanol–water partition coefficient (Wildman–Crippen LogP) is 7.08. The number of halogens is 1. The lowest BCUT2D eigenvalue weighted by atomic mass is 10.00. The number of nitrogens with zero attached hydrogens (tertiary/aromatic N) is 1. The van der Waals surface area contributed by atoms with Gasteiger partial charge >= 0.3 is 0 Å². The first-order chi connectivity index (χ1) is 17.6. The molecule has 0 aliphatic carbocycles. The van der Waals surface area contributed by atoms with E-state index in [-0.39, 0.29) is 11.8 Å². The monoisotopic (exact) mass is 536 g/mol. The Kier molecular flexibility index (Phi) is 10.7. The molecule has 0 fully saturated rings.